The number of aromatic nitrogens is 2. The van der Waals surface area contributed by atoms with Crippen molar-refractivity contribution < 1.29 is 4.73 Å². The van der Waals surface area contributed by atoms with Gasteiger partial charge in [0.2, 0.25) is 0 Å². The second-order valence-corrected chi connectivity index (χ2v) is 3.28. The van der Waals surface area contributed by atoms with Crippen molar-refractivity contribution in [3.8, 4) is 0 Å². The van der Waals surface area contributed by atoms with Crippen molar-refractivity contribution in [3.63, 3.8) is 0 Å². The summed E-state index contributed by atoms with van der Waals surface area (Å²) < 4.78 is 0.599. The third-order valence-corrected chi connectivity index (χ3v) is 1.92. The number of nitrogens with zero attached hydrogens (tertiary/aromatic N) is 2. The van der Waals surface area contributed by atoms with Crippen LogP contribution in [0.5, 0.6) is 0 Å². The molecule has 3 nitrogen and oxygen atoms in total. The molecule has 15 heavy (non-hydrogen) atoms. The molecule has 0 unspecified atom stereocenters. The zero-order valence-corrected chi connectivity index (χ0v) is 9.19. The molecular formula is C10H8Cl2N2O. The fourth-order valence-electron chi connectivity index (χ4n) is 0.749. The van der Waals surface area contributed by atoms with Crippen LogP contribution in [0.15, 0.2) is 48.8 Å². The summed E-state index contributed by atoms with van der Waals surface area (Å²) in [5.74, 6) is 0. The van der Waals surface area contributed by atoms with Crippen LogP contribution in [0, 0.1) is 5.21 Å². The molecule has 2 aromatic heterocycles. The Morgan fingerprint density at radius 3 is 2.13 bits per heavy atom. The predicted molar refractivity (Wildman–Crippen MR) is 59.7 cm³/mol. The molecule has 2 rings (SSSR count). The van der Waals surface area contributed by atoms with Gasteiger partial charge in [-0.25, -0.2) is 4.98 Å². The molecule has 0 aliphatic carbocycles. The quantitative estimate of drug-likeness (QED) is 0.405. The molecule has 0 radical (unpaired) electrons. The summed E-state index contributed by atoms with van der Waals surface area (Å²) in [4.78, 5) is 3.74. The van der Waals surface area contributed by atoms with E-state index in [1.165, 1.54) is 12.3 Å². The van der Waals surface area contributed by atoms with Gasteiger partial charge < -0.3 is 5.21 Å². The fraction of sp³-hybridized carbons (Fsp3) is 0. The van der Waals surface area contributed by atoms with Gasteiger partial charge >= 0.3 is 0 Å². The van der Waals surface area contributed by atoms with Gasteiger partial charge in [0.05, 0.1) is 0 Å². The van der Waals surface area contributed by atoms with Crippen molar-refractivity contribution in [2.45, 2.75) is 0 Å². The highest BCUT2D eigenvalue weighted by molar-refractivity contribution is 6.29. The molecule has 78 valence electrons. The van der Waals surface area contributed by atoms with E-state index in [0.717, 1.165) is 0 Å². The number of hydrogen-bond acceptors (Lipinski definition) is 2. The molecule has 2 heterocycles. The van der Waals surface area contributed by atoms with Crippen LogP contribution in [0.25, 0.3) is 0 Å². The molecule has 0 aromatic carbocycles. The van der Waals surface area contributed by atoms with Crippen LogP contribution in [-0.2, 0) is 0 Å². The minimum atomic E-state index is 0.201. The van der Waals surface area contributed by atoms with E-state index < -0.39 is 0 Å². The number of pyridine rings is 2. The van der Waals surface area contributed by atoms with E-state index in [1.54, 1.807) is 24.4 Å². The highest BCUT2D eigenvalue weighted by Gasteiger charge is 1.92. The Bertz CT molecular complexity index is 388. The monoisotopic (exact) mass is 242 g/mol. The Labute approximate surface area is 97.5 Å². The first-order chi connectivity index (χ1) is 7.20. The van der Waals surface area contributed by atoms with Gasteiger partial charge in [-0.3, -0.25) is 0 Å². The summed E-state index contributed by atoms with van der Waals surface area (Å²) in [7, 11) is 0. The predicted octanol–water partition coefficient (Wildman–Crippen LogP) is 2.71. The van der Waals surface area contributed by atoms with E-state index >= 15 is 0 Å². The lowest BCUT2D eigenvalue weighted by molar-refractivity contribution is -0.603. The van der Waals surface area contributed by atoms with Gasteiger partial charge in [-0.15, -0.1) is 0 Å². The lowest BCUT2D eigenvalue weighted by Gasteiger charge is -1.93. The number of halogens is 2. The first kappa shape index (κ1) is 11.8. The lowest BCUT2D eigenvalue weighted by atomic mass is 10.5. The molecule has 0 saturated heterocycles. The summed E-state index contributed by atoms with van der Waals surface area (Å²) in [6, 6.07) is 10.3. The normalized spacial score (nSPS) is 8.93. The van der Waals surface area contributed by atoms with Gasteiger partial charge in [-0.1, -0.05) is 17.7 Å². The average molecular weight is 243 g/mol. The first-order valence-corrected chi connectivity index (χ1v) is 4.86. The molecule has 0 amide bonds. The van der Waals surface area contributed by atoms with Crippen LogP contribution < -0.4 is 4.73 Å². The summed E-state index contributed by atoms with van der Waals surface area (Å²) in [6.45, 7) is 0. The van der Waals surface area contributed by atoms with E-state index in [4.69, 9.17) is 23.2 Å². The van der Waals surface area contributed by atoms with Crippen LogP contribution >= 0.6 is 23.2 Å². The molecular weight excluding hydrogens is 235 g/mol. The Morgan fingerprint density at radius 2 is 1.80 bits per heavy atom. The Balaban J connectivity index is 0.000000151. The maximum atomic E-state index is 10.4. The van der Waals surface area contributed by atoms with Gasteiger partial charge in [0, 0.05) is 18.3 Å². The molecule has 0 saturated carbocycles. The minimum Gasteiger partial charge on any atom is -0.618 e. The number of rotatable bonds is 0. The smallest absolute Gasteiger partial charge is 0.286 e. The van der Waals surface area contributed by atoms with Crippen molar-refractivity contribution in [1.82, 2.24) is 4.98 Å². The molecule has 0 atom stereocenters. The Hall–Kier alpha value is -1.32. The SMILES string of the molecule is Clc1ccccn1.[O-][n+]1ccccc1Cl. The molecule has 2 aromatic rings. The standard InChI is InChI=1S/C5H4ClNO.C5H4ClN/c6-5-3-1-2-4-7(5)8;6-5-3-1-2-4-7-5/h1-4H;1-4H. The van der Waals surface area contributed by atoms with Gasteiger partial charge in [0.15, 0.2) is 6.20 Å². The van der Waals surface area contributed by atoms with E-state index in [2.05, 4.69) is 4.98 Å². The largest absolute Gasteiger partial charge is 0.618 e. The molecule has 0 spiro atoms. The molecule has 0 bridgehead atoms. The van der Waals surface area contributed by atoms with Crippen molar-refractivity contribution in [2.75, 3.05) is 0 Å². The van der Waals surface area contributed by atoms with Gasteiger partial charge in [-0.2, -0.15) is 4.73 Å². The third kappa shape index (κ3) is 4.63. The Kier molecular flexibility index (Phi) is 4.87. The number of hydrogen-bond donors (Lipinski definition) is 0. The first-order valence-electron chi connectivity index (χ1n) is 4.10. The summed E-state index contributed by atoms with van der Waals surface area (Å²) >= 11 is 10.8. The van der Waals surface area contributed by atoms with Crippen LogP contribution in [0.2, 0.25) is 10.3 Å². The van der Waals surface area contributed by atoms with Gasteiger partial charge in [0.25, 0.3) is 5.15 Å². The van der Waals surface area contributed by atoms with Gasteiger partial charge in [-0.05, 0) is 29.8 Å². The second-order valence-electron chi connectivity index (χ2n) is 2.50. The average Bonchev–Trinajstić information content (AvgIpc) is 2.25. The van der Waals surface area contributed by atoms with Crippen LogP contribution in [0.4, 0.5) is 0 Å². The maximum absolute atomic E-state index is 10.4. The van der Waals surface area contributed by atoms with Crippen molar-refractivity contribution >= 4 is 23.2 Å². The van der Waals surface area contributed by atoms with Crippen LogP contribution in [0.1, 0.15) is 0 Å². The molecule has 0 aliphatic rings. The second kappa shape index (κ2) is 6.22. The van der Waals surface area contributed by atoms with E-state index in [9.17, 15) is 5.21 Å². The fourth-order valence-corrected chi connectivity index (χ4v) is 1.01. The van der Waals surface area contributed by atoms with Crippen molar-refractivity contribution in [1.29, 1.82) is 0 Å². The summed E-state index contributed by atoms with van der Waals surface area (Å²) in [5, 5.41) is 11.1. The zero-order valence-electron chi connectivity index (χ0n) is 7.68. The van der Waals surface area contributed by atoms with Crippen molar-refractivity contribution in [2.24, 2.45) is 0 Å². The molecule has 0 N–H and O–H groups in total. The molecule has 5 heteroatoms. The molecule has 0 aliphatic heterocycles. The van der Waals surface area contributed by atoms with Gasteiger partial charge in [0.1, 0.15) is 5.15 Å². The highest BCUT2D eigenvalue weighted by Crippen LogP contribution is 1.98. The van der Waals surface area contributed by atoms with E-state index in [1.807, 2.05) is 12.1 Å². The maximum Gasteiger partial charge on any atom is 0.286 e. The van der Waals surface area contributed by atoms with E-state index in [0.29, 0.717) is 9.88 Å². The minimum absolute atomic E-state index is 0.201. The van der Waals surface area contributed by atoms with Crippen LogP contribution in [0.3, 0.4) is 0 Å². The summed E-state index contributed by atoms with van der Waals surface area (Å²) in [6.07, 6.45) is 3.00. The summed E-state index contributed by atoms with van der Waals surface area (Å²) in [5.41, 5.74) is 0. The third-order valence-electron chi connectivity index (χ3n) is 1.41. The Morgan fingerprint density at radius 1 is 1.07 bits per heavy atom. The molecule has 0 fully saturated rings. The zero-order chi connectivity index (χ0) is 11.1. The van der Waals surface area contributed by atoms with E-state index in [-0.39, 0.29) is 5.15 Å². The highest BCUT2D eigenvalue weighted by atomic mass is 35.5. The van der Waals surface area contributed by atoms with Crippen molar-refractivity contribution in [3.05, 3.63) is 64.3 Å². The van der Waals surface area contributed by atoms with Crippen LogP contribution in [-0.4, -0.2) is 4.98 Å². The lowest BCUT2D eigenvalue weighted by Crippen LogP contribution is -2.25. The topological polar surface area (TPSA) is 39.8 Å².